The summed E-state index contributed by atoms with van der Waals surface area (Å²) in [5, 5.41) is 14.7. The summed E-state index contributed by atoms with van der Waals surface area (Å²) in [7, 11) is 0. The number of nitrogens with one attached hydrogen (secondary N) is 1. The van der Waals surface area contributed by atoms with Crippen LogP contribution in [0.4, 0.5) is 11.4 Å². The Morgan fingerprint density at radius 3 is 2.29 bits per heavy atom. The second-order valence-corrected chi connectivity index (χ2v) is 7.98. The Bertz CT molecular complexity index is 534. The zero-order chi connectivity index (χ0) is 15.8. The molecule has 1 aromatic rings. The van der Waals surface area contributed by atoms with Crippen LogP contribution in [-0.2, 0) is 0 Å². The van der Waals surface area contributed by atoms with Crippen molar-refractivity contribution in [3.05, 3.63) is 33.9 Å². The molecule has 1 N–H and O–H groups in total. The number of nitro benzene ring substituents is 1. The minimum atomic E-state index is -0.281. The number of anilines is 1. The third-order valence-electron chi connectivity index (χ3n) is 4.34. The quantitative estimate of drug-likeness (QED) is 0.635. The maximum Gasteiger partial charge on any atom is 0.295 e. The molecule has 0 atom stereocenters. The summed E-state index contributed by atoms with van der Waals surface area (Å²) in [6, 6.07) is 5.77. The van der Waals surface area contributed by atoms with E-state index in [1.54, 1.807) is 13.0 Å². The van der Waals surface area contributed by atoms with E-state index in [4.69, 9.17) is 0 Å². The van der Waals surface area contributed by atoms with E-state index in [1.165, 1.54) is 6.42 Å². The van der Waals surface area contributed by atoms with Crippen molar-refractivity contribution in [2.75, 3.05) is 5.32 Å². The summed E-state index contributed by atoms with van der Waals surface area (Å²) in [5.74, 6) is 0. The Labute approximate surface area is 127 Å². The highest BCUT2D eigenvalue weighted by atomic mass is 16.6. The molecular weight excluding hydrogens is 264 g/mol. The topological polar surface area (TPSA) is 55.2 Å². The van der Waals surface area contributed by atoms with Gasteiger partial charge in [-0.1, -0.05) is 39.8 Å². The minimum Gasteiger partial charge on any atom is -0.377 e. The predicted octanol–water partition coefficient (Wildman–Crippen LogP) is 4.92. The lowest BCUT2D eigenvalue weighted by atomic mass is 9.63. The van der Waals surface area contributed by atoms with Gasteiger partial charge in [-0.15, -0.1) is 0 Å². The number of para-hydroxylation sites is 1. The van der Waals surface area contributed by atoms with Crippen LogP contribution in [0.2, 0.25) is 0 Å². The molecule has 1 fully saturated rings. The van der Waals surface area contributed by atoms with Gasteiger partial charge in [-0.25, -0.2) is 0 Å². The van der Waals surface area contributed by atoms with Gasteiger partial charge in [-0.2, -0.15) is 0 Å². The Hall–Kier alpha value is -1.58. The van der Waals surface area contributed by atoms with Crippen LogP contribution in [0.1, 0.15) is 52.5 Å². The minimum absolute atomic E-state index is 0.207. The summed E-state index contributed by atoms with van der Waals surface area (Å²) in [5.41, 5.74) is 2.09. The lowest BCUT2D eigenvalue weighted by molar-refractivity contribution is -0.384. The van der Waals surface area contributed by atoms with Crippen LogP contribution < -0.4 is 5.32 Å². The number of rotatable bonds is 3. The van der Waals surface area contributed by atoms with Crippen molar-refractivity contribution in [3.8, 4) is 0 Å². The molecule has 4 heteroatoms. The Kier molecular flexibility index (Phi) is 4.00. The molecule has 0 aromatic heterocycles. The summed E-state index contributed by atoms with van der Waals surface area (Å²) >= 11 is 0. The van der Waals surface area contributed by atoms with Gasteiger partial charge in [0, 0.05) is 11.6 Å². The first kappa shape index (κ1) is 15.8. The monoisotopic (exact) mass is 290 g/mol. The molecule has 0 bridgehead atoms. The van der Waals surface area contributed by atoms with Gasteiger partial charge in [0.1, 0.15) is 5.69 Å². The van der Waals surface area contributed by atoms with Gasteiger partial charge >= 0.3 is 0 Å². The molecule has 1 aliphatic rings. The highest BCUT2D eigenvalue weighted by molar-refractivity contribution is 5.65. The second-order valence-electron chi connectivity index (χ2n) is 7.98. The van der Waals surface area contributed by atoms with Gasteiger partial charge < -0.3 is 5.32 Å². The average molecular weight is 290 g/mol. The summed E-state index contributed by atoms with van der Waals surface area (Å²) in [4.78, 5) is 11.0. The normalized spacial score (nSPS) is 21.0. The van der Waals surface area contributed by atoms with Crippen LogP contribution in [0.5, 0.6) is 0 Å². The highest BCUT2D eigenvalue weighted by Gasteiger charge is 2.38. The van der Waals surface area contributed by atoms with Gasteiger partial charge in [0.25, 0.3) is 5.69 Å². The molecule has 21 heavy (non-hydrogen) atoms. The van der Waals surface area contributed by atoms with E-state index in [0.29, 0.717) is 11.3 Å². The maximum atomic E-state index is 11.3. The Balaban J connectivity index is 2.26. The number of aryl methyl sites for hydroxylation is 1. The third kappa shape index (κ3) is 3.74. The molecule has 0 unspecified atom stereocenters. The Morgan fingerprint density at radius 1 is 1.19 bits per heavy atom. The van der Waals surface area contributed by atoms with Crippen LogP contribution >= 0.6 is 0 Å². The maximum absolute atomic E-state index is 11.3. The van der Waals surface area contributed by atoms with Crippen molar-refractivity contribution in [2.24, 2.45) is 10.8 Å². The van der Waals surface area contributed by atoms with Crippen molar-refractivity contribution < 1.29 is 4.92 Å². The van der Waals surface area contributed by atoms with E-state index >= 15 is 0 Å². The lowest BCUT2D eigenvalue weighted by Crippen LogP contribution is -2.40. The van der Waals surface area contributed by atoms with E-state index in [-0.39, 0.29) is 27.5 Å². The van der Waals surface area contributed by atoms with Crippen LogP contribution in [0.25, 0.3) is 0 Å². The first-order valence-corrected chi connectivity index (χ1v) is 7.60. The van der Waals surface area contributed by atoms with Crippen molar-refractivity contribution >= 4 is 11.4 Å². The summed E-state index contributed by atoms with van der Waals surface area (Å²) < 4.78 is 0. The standard InChI is InChI=1S/C17H26N2O2/c1-12-7-6-8-14(15(12)19(20)21)18-13-9-16(2,3)11-17(4,5)10-13/h6-8,13,18H,9-11H2,1-5H3. The van der Waals surface area contributed by atoms with Crippen molar-refractivity contribution in [2.45, 2.75) is 59.9 Å². The SMILES string of the molecule is Cc1cccc(NC2CC(C)(C)CC(C)(C)C2)c1[N+](=O)[O-]. The molecule has 4 nitrogen and oxygen atoms in total. The lowest BCUT2D eigenvalue weighted by Gasteiger charge is -2.45. The fourth-order valence-electron chi connectivity index (χ4n) is 4.19. The van der Waals surface area contributed by atoms with E-state index in [2.05, 4.69) is 33.0 Å². The molecular formula is C17H26N2O2. The van der Waals surface area contributed by atoms with Crippen molar-refractivity contribution in [1.29, 1.82) is 0 Å². The van der Waals surface area contributed by atoms with Crippen molar-refractivity contribution in [3.63, 3.8) is 0 Å². The largest absolute Gasteiger partial charge is 0.377 e. The van der Waals surface area contributed by atoms with Crippen LogP contribution in [0.15, 0.2) is 18.2 Å². The van der Waals surface area contributed by atoms with Crippen LogP contribution in [-0.4, -0.2) is 11.0 Å². The van der Waals surface area contributed by atoms with Gasteiger partial charge in [-0.05, 0) is 43.1 Å². The second kappa shape index (κ2) is 5.32. The number of nitrogens with zero attached hydrogens (tertiary/aromatic N) is 1. The first-order valence-electron chi connectivity index (χ1n) is 7.60. The van der Waals surface area contributed by atoms with E-state index in [0.717, 1.165) is 12.8 Å². The number of hydrogen-bond donors (Lipinski definition) is 1. The molecule has 0 saturated heterocycles. The number of benzene rings is 1. The molecule has 0 heterocycles. The van der Waals surface area contributed by atoms with E-state index in [1.807, 2.05) is 12.1 Å². The molecule has 116 valence electrons. The molecule has 0 amide bonds. The smallest absolute Gasteiger partial charge is 0.295 e. The van der Waals surface area contributed by atoms with Crippen LogP contribution in [0.3, 0.4) is 0 Å². The molecule has 1 aliphatic carbocycles. The first-order chi connectivity index (χ1) is 9.60. The fourth-order valence-corrected chi connectivity index (χ4v) is 4.19. The van der Waals surface area contributed by atoms with Gasteiger partial charge in [-0.3, -0.25) is 10.1 Å². The molecule has 0 radical (unpaired) electrons. The molecule has 2 rings (SSSR count). The van der Waals surface area contributed by atoms with Crippen molar-refractivity contribution in [1.82, 2.24) is 0 Å². The highest BCUT2D eigenvalue weighted by Crippen LogP contribution is 2.46. The number of nitro groups is 1. The van der Waals surface area contributed by atoms with Crippen LogP contribution in [0, 0.1) is 27.9 Å². The zero-order valence-electron chi connectivity index (χ0n) is 13.7. The summed E-state index contributed by atoms with van der Waals surface area (Å²) in [6.07, 6.45) is 3.27. The Morgan fingerprint density at radius 2 is 1.76 bits per heavy atom. The van der Waals surface area contributed by atoms with E-state index < -0.39 is 0 Å². The average Bonchev–Trinajstić information content (AvgIpc) is 2.23. The molecule has 1 aromatic carbocycles. The summed E-state index contributed by atoms with van der Waals surface area (Å²) in [6.45, 7) is 10.9. The third-order valence-corrected chi connectivity index (χ3v) is 4.34. The van der Waals surface area contributed by atoms with Gasteiger partial charge in [0.2, 0.25) is 0 Å². The fraction of sp³-hybridized carbons (Fsp3) is 0.647. The molecule has 0 spiro atoms. The van der Waals surface area contributed by atoms with Gasteiger partial charge in [0.15, 0.2) is 0 Å². The van der Waals surface area contributed by atoms with Gasteiger partial charge in [0.05, 0.1) is 4.92 Å². The molecule has 0 aliphatic heterocycles. The predicted molar refractivity (Wildman–Crippen MR) is 86.7 cm³/mol. The zero-order valence-corrected chi connectivity index (χ0v) is 13.7. The molecule has 1 saturated carbocycles. The van der Waals surface area contributed by atoms with E-state index in [9.17, 15) is 10.1 Å². The number of hydrogen-bond acceptors (Lipinski definition) is 3.